The average Bonchev–Trinajstić information content (AvgIpc) is 2.95. The maximum Gasteiger partial charge on any atom is 0.334 e. The number of hydrogen-bond donors (Lipinski definition) is 3. The van der Waals surface area contributed by atoms with Crippen molar-refractivity contribution in [3.8, 4) is 11.1 Å². The van der Waals surface area contributed by atoms with Gasteiger partial charge in [0.2, 0.25) is 5.91 Å². The van der Waals surface area contributed by atoms with Gasteiger partial charge in [-0.1, -0.05) is 17.7 Å². The summed E-state index contributed by atoms with van der Waals surface area (Å²) in [5.41, 5.74) is 6.51. The molecule has 7 nitrogen and oxygen atoms in total. The van der Waals surface area contributed by atoms with Gasteiger partial charge in [-0.05, 0) is 56.9 Å². The van der Waals surface area contributed by atoms with E-state index in [2.05, 4.69) is 26.1 Å². The number of hydrogen-bond acceptors (Lipinski definition) is 4. The van der Waals surface area contributed by atoms with Crippen LogP contribution in [-0.4, -0.2) is 22.6 Å². The van der Waals surface area contributed by atoms with E-state index < -0.39 is 29.6 Å². The zero-order valence-electron chi connectivity index (χ0n) is 18.4. The lowest BCUT2D eigenvalue weighted by Crippen LogP contribution is -2.46. The molecule has 2 aromatic rings. The molecule has 0 aliphatic carbocycles. The zero-order chi connectivity index (χ0) is 24.1. The van der Waals surface area contributed by atoms with E-state index in [1.807, 2.05) is 13.0 Å². The third-order valence-electron chi connectivity index (χ3n) is 4.99. The number of carbonyl (C=O) groups excluding carboxylic acids is 2. The third kappa shape index (κ3) is 6.13. The molecule has 0 bridgehead atoms. The largest absolute Gasteiger partial charge is 0.334 e. The number of benzene rings is 1. The number of aromatic nitrogens is 1. The number of urea groups is 1. The van der Waals surface area contributed by atoms with Gasteiger partial charge in [-0.2, -0.15) is 0 Å². The van der Waals surface area contributed by atoms with Gasteiger partial charge < -0.3 is 5.32 Å². The Morgan fingerprint density at radius 2 is 1.91 bits per heavy atom. The minimum atomic E-state index is -0.805. The van der Waals surface area contributed by atoms with Gasteiger partial charge in [-0.15, -0.1) is 0 Å². The summed E-state index contributed by atoms with van der Waals surface area (Å²) in [4.78, 5) is 31.4. The molecule has 1 aliphatic heterocycles. The predicted octanol–water partition coefficient (Wildman–Crippen LogP) is 5.08. The molecule has 1 aromatic carbocycles. The van der Waals surface area contributed by atoms with E-state index >= 15 is 4.39 Å². The van der Waals surface area contributed by atoms with Crippen LogP contribution in [0.15, 0.2) is 35.5 Å². The van der Waals surface area contributed by atoms with Crippen molar-refractivity contribution in [1.82, 2.24) is 21.2 Å². The second kappa shape index (κ2) is 10.5. The van der Waals surface area contributed by atoms with Gasteiger partial charge in [0.1, 0.15) is 11.6 Å². The van der Waals surface area contributed by atoms with Crippen molar-refractivity contribution < 1.29 is 18.4 Å². The first-order valence-electron chi connectivity index (χ1n) is 10.4. The van der Waals surface area contributed by atoms with Crippen LogP contribution in [0, 0.1) is 11.6 Å². The SMILES string of the molecule is CC(=O)NNC(=O)NC(C)c1ncc(-c2cc(Cl)cc(F)c2C2=CCCCC(C)=N2)cc1F. The number of hydrazine groups is 1. The number of aliphatic imine (C=N–C) groups is 1. The summed E-state index contributed by atoms with van der Waals surface area (Å²) in [6.07, 6.45) is 5.73. The van der Waals surface area contributed by atoms with Crippen molar-refractivity contribution in [2.45, 2.75) is 46.1 Å². The Morgan fingerprint density at radius 1 is 1.15 bits per heavy atom. The Kier molecular flexibility index (Phi) is 7.75. The predicted molar refractivity (Wildman–Crippen MR) is 123 cm³/mol. The summed E-state index contributed by atoms with van der Waals surface area (Å²) in [6, 6.07) is 2.44. The first-order chi connectivity index (χ1) is 15.7. The van der Waals surface area contributed by atoms with Crippen LogP contribution in [0.3, 0.4) is 0 Å². The van der Waals surface area contributed by atoms with Crippen LogP contribution >= 0.6 is 11.6 Å². The highest BCUT2D eigenvalue weighted by molar-refractivity contribution is 6.31. The van der Waals surface area contributed by atoms with E-state index in [-0.39, 0.29) is 16.3 Å². The molecule has 174 valence electrons. The molecular weight excluding hydrogens is 452 g/mol. The van der Waals surface area contributed by atoms with E-state index in [1.165, 1.54) is 32.2 Å². The lowest BCUT2D eigenvalue weighted by Gasteiger charge is -2.17. The molecule has 0 saturated carbocycles. The van der Waals surface area contributed by atoms with Gasteiger partial charge in [0.15, 0.2) is 0 Å². The van der Waals surface area contributed by atoms with Crippen molar-refractivity contribution in [1.29, 1.82) is 0 Å². The lowest BCUT2D eigenvalue weighted by atomic mass is 9.97. The number of nitrogens with zero attached hydrogens (tertiary/aromatic N) is 2. The van der Waals surface area contributed by atoms with E-state index in [9.17, 15) is 14.0 Å². The minimum Gasteiger partial charge on any atom is -0.329 e. The van der Waals surface area contributed by atoms with Crippen LogP contribution in [0.25, 0.3) is 16.8 Å². The summed E-state index contributed by atoms with van der Waals surface area (Å²) in [6.45, 7) is 4.66. The van der Waals surface area contributed by atoms with Gasteiger partial charge in [-0.25, -0.2) is 19.0 Å². The molecule has 0 saturated heterocycles. The number of allylic oxidation sites excluding steroid dienone is 1. The first kappa shape index (κ1) is 24.3. The summed E-state index contributed by atoms with van der Waals surface area (Å²) >= 11 is 6.11. The molecule has 1 aromatic heterocycles. The zero-order valence-corrected chi connectivity index (χ0v) is 19.2. The third-order valence-corrected chi connectivity index (χ3v) is 5.21. The highest BCUT2D eigenvalue weighted by Crippen LogP contribution is 2.36. The highest BCUT2D eigenvalue weighted by Gasteiger charge is 2.21. The fourth-order valence-electron chi connectivity index (χ4n) is 3.48. The normalized spacial score (nSPS) is 14.5. The van der Waals surface area contributed by atoms with E-state index in [1.54, 1.807) is 6.07 Å². The van der Waals surface area contributed by atoms with Gasteiger partial charge in [-0.3, -0.25) is 20.2 Å². The Hall–Kier alpha value is -3.33. The Labute approximate surface area is 195 Å². The molecule has 3 N–H and O–H groups in total. The number of pyridine rings is 1. The molecule has 3 rings (SSSR count). The van der Waals surface area contributed by atoms with Crippen LogP contribution in [0.1, 0.15) is 57.3 Å². The molecule has 3 amide bonds. The first-order valence-corrected chi connectivity index (χ1v) is 10.8. The number of carbonyl (C=O) groups is 2. The minimum absolute atomic E-state index is 0.0247. The van der Waals surface area contributed by atoms with Gasteiger partial charge in [0.25, 0.3) is 0 Å². The second-order valence-electron chi connectivity index (χ2n) is 7.73. The van der Waals surface area contributed by atoms with E-state index in [4.69, 9.17) is 11.6 Å². The summed E-state index contributed by atoms with van der Waals surface area (Å²) in [5, 5.41) is 2.63. The second-order valence-corrected chi connectivity index (χ2v) is 8.17. The summed E-state index contributed by atoms with van der Waals surface area (Å²) < 4.78 is 30.0. The van der Waals surface area contributed by atoms with Crippen molar-refractivity contribution in [3.63, 3.8) is 0 Å². The molecule has 0 fully saturated rings. The van der Waals surface area contributed by atoms with Crippen LogP contribution in [-0.2, 0) is 4.79 Å². The van der Waals surface area contributed by atoms with Gasteiger partial charge in [0.05, 0.1) is 17.4 Å². The number of amides is 3. The maximum atomic E-state index is 15.0. The smallest absolute Gasteiger partial charge is 0.329 e. The lowest BCUT2D eigenvalue weighted by molar-refractivity contribution is -0.119. The van der Waals surface area contributed by atoms with Crippen LogP contribution in [0.5, 0.6) is 0 Å². The molecule has 0 radical (unpaired) electrons. The summed E-state index contributed by atoms with van der Waals surface area (Å²) in [7, 11) is 0. The molecule has 33 heavy (non-hydrogen) atoms. The van der Waals surface area contributed by atoms with Crippen molar-refractivity contribution in [3.05, 3.63) is 58.4 Å². The van der Waals surface area contributed by atoms with E-state index in [0.717, 1.165) is 25.0 Å². The summed E-state index contributed by atoms with van der Waals surface area (Å²) in [5.74, 6) is -1.71. The average molecular weight is 476 g/mol. The Bertz CT molecular complexity index is 1150. The van der Waals surface area contributed by atoms with Crippen molar-refractivity contribution >= 4 is 34.9 Å². The molecule has 0 spiro atoms. The molecule has 10 heteroatoms. The maximum absolute atomic E-state index is 15.0. The highest BCUT2D eigenvalue weighted by atomic mass is 35.5. The number of halogens is 3. The molecule has 1 atom stereocenters. The van der Waals surface area contributed by atoms with Crippen molar-refractivity contribution in [2.75, 3.05) is 0 Å². The van der Waals surface area contributed by atoms with Crippen LogP contribution < -0.4 is 16.2 Å². The van der Waals surface area contributed by atoms with Crippen LogP contribution in [0.4, 0.5) is 13.6 Å². The fraction of sp³-hybridized carbons (Fsp3) is 0.304. The van der Waals surface area contributed by atoms with E-state index in [0.29, 0.717) is 16.8 Å². The number of rotatable bonds is 4. The standard InChI is InChI=1S/C23H24ClF2N5O2/c1-12-6-4-5-7-20(28-12)21-17(9-16(24)10-18(21)25)15-8-19(26)22(27-11-15)13(2)29-23(33)31-30-14(3)32/h7-11,13H,4-6H2,1-3H3,(H,30,32)(H2,29,31,33). The molecule has 2 heterocycles. The number of nitrogens with one attached hydrogen (secondary N) is 3. The fourth-order valence-corrected chi connectivity index (χ4v) is 3.69. The van der Waals surface area contributed by atoms with Crippen LogP contribution in [0.2, 0.25) is 5.02 Å². The molecular formula is C23H24ClF2N5O2. The molecule has 1 unspecified atom stereocenters. The monoisotopic (exact) mass is 475 g/mol. The quantitative estimate of drug-likeness (QED) is 0.538. The Balaban J connectivity index is 1.95. The topological polar surface area (TPSA) is 95.5 Å². The Morgan fingerprint density at radius 3 is 2.61 bits per heavy atom. The van der Waals surface area contributed by atoms with Gasteiger partial charge in [0, 0.05) is 35.0 Å². The van der Waals surface area contributed by atoms with Gasteiger partial charge >= 0.3 is 6.03 Å². The molecule has 1 aliphatic rings. The van der Waals surface area contributed by atoms with Crippen molar-refractivity contribution in [2.24, 2.45) is 4.99 Å².